The van der Waals surface area contributed by atoms with E-state index in [1.54, 1.807) is 19.9 Å². The van der Waals surface area contributed by atoms with Crippen LogP contribution in [0.15, 0.2) is 18.2 Å². The third-order valence-electron chi connectivity index (χ3n) is 4.06. The lowest BCUT2D eigenvalue weighted by Crippen LogP contribution is -2.57. The Labute approximate surface area is 151 Å². The number of piperazine rings is 1. The predicted molar refractivity (Wildman–Crippen MR) is 92.5 cm³/mol. The van der Waals surface area contributed by atoms with Gasteiger partial charge in [-0.1, -0.05) is 17.7 Å². The third kappa shape index (κ3) is 5.39. The fourth-order valence-corrected chi connectivity index (χ4v) is 2.81. The molecule has 2 amide bonds. The molecule has 25 heavy (non-hydrogen) atoms. The molecule has 0 radical (unpaired) electrons. The van der Waals surface area contributed by atoms with Crippen LogP contribution in [0.5, 0.6) is 0 Å². The number of halogens is 2. The molecule has 1 fully saturated rings. The highest BCUT2D eigenvalue weighted by Crippen LogP contribution is 2.19. The van der Waals surface area contributed by atoms with Crippen LogP contribution in [-0.4, -0.2) is 53.1 Å². The molecule has 0 aliphatic carbocycles. The molecule has 0 bridgehead atoms. The topological polar surface area (TPSA) is 81.7 Å². The number of carbonyl (C=O) groups is 2. The highest BCUT2D eigenvalue weighted by atomic mass is 35.5. The molecule has 0 aromatic heterocycles. The van der Waals surface area contributed by atoms with Gasteiger partial charge in [-0.15, -0.1) is 0 Å². The van der Waals surface area contributed by atoms with Crippen molar-refractivity contribution >= 4 is 23.4 Å². The van der Waals surface area contributed by atoms with Crippen molar-refractivity contribution in [3.05, 3.63) is 34.6 Å². The van der Waals surface area contributed by atoms with Gasteiger partial charge in [0.15, 0.2) is 0 Å². The van der Waals surface area contributed by atoms with Gasteiger partial charge in [-0.05, 0) is 31.5 Å². The van der Waals surface area contributed by atoms with Gasteiger partial charge in [-0.3, -0.25) is 14.5 Å². The third-order valence-corrected chi connectivity index (χ3v) is 4.37. The number of rotatable bonds is 6. The summed E-state index contributed by atoms with van der Waals surface area (Å²) in [7, 11) is 0. The van der Waals surface area contributed by atoms with Crippen LogP contribution in [0.25, 0.3) is 0 Å². The Hall–Kier alpha value is -1.70. The molecule has 1 aliphatic heterocycles. The van der Waals surface area contributed by atoms with Crippen molar-refractivity contribution in [3.63, 3.8) is 0 Å². The number of aliphatic hydroxyl groups is 1. The molecule has 2 rings (SSSR count). The molecular weight excluding hydrogens is 349 g/mol. The SMILES string of the molecule is CC(C)(CO)NC(=O)CC1C(=O)NCCN1Cc1ccc(Cl)c(F)c1. The van der Waals surface area contributed by atoms with Crippen molar-refractivity contribution < 1.29 is 19.1 Å². The molecule has 1 unspecified atom stereocenters. The van der Waals surface area contributed by atoms with E-state index in [4.69, 9.17) is 11.6 Å². The van der Waals surface area contributed by atoms with Gasteiger partial charge in [0.25, 0.3) is 0 Å². The lowest BCUT2D eigenvalue weighted by Gasteiger charge is -2.35. The molecule has 1 saturated heterocycles. The summed E-state index contributed by atoms with van der Waals surface area (Å²) in [6.45, 7) is 4.54. The molecule has 1 aromatic rings. The van der Waals surface area contributed by atoms with Crippen LogP contribution in [0.2, 0.25) is 5.02 Å². The lowest BCUT2D eigenvalue weighted by atomic mass is 10.0. The maximum atomic E-state index is 13.6. The molecular formula is C17H23ClFN3O3. The summed E-state index contributed by atoms with van der Waals surface area (Å²) in [6.07, 6.45) is -0.0364. The second-order valence-corrected chi connectivity index (χ2v) is 7.23. The molecule has 0 saturated carbocycles. The number of aliphatic hydroxyl groups excluding tert-OH is 1. The number of benzene rings is 1. The van der Waals surface area contributed by atoms with E-state index in [2.05, 4.69) is 10.6 Å². The first-order valence-corrected chi connectivity index (χ1v) is 8.47. The number of hydrogen-bond acceptors (Lipinski definition) is 4. The zero-order valence-electron chi connectivity index (χ0n) is 14.3. The molecule has 6 nitrogen and oxygen atoms in total. The summed E-state index contributed by atoms with van der Waals surface area (Å²) in [5.41, 5.74) is -0.0792. The number of hydrogen-bond donors (Lipinski definition) is 3. The van der Waals surface area contributed by atoms with Crippen molar-refractivity contribution in [1.29, 1.82) is 0 Å². The molecule has 0 spiro atoms. The number of nitrogens with zero attached hydrogens (tertiary/aromatic N) is 1. The Morgan fingerprint density at radius 2 is 2.24 bits per heavy atom. The van der Waals surface area contributed by atoms with E-state index in [0.29, 0.717) is 25.2 Å². The molecule has 3 N–H and O–H groups in total. The van der Waals surface area contributed by atoms with E-state index < -0.39 is 17.4 Å². The van der Waals surface area contributed by atoms with Crippen LogP contribution in [0.4, 0.5) is 4.39 Å². The first kappa shape index (κ1) is 19.6. The summed E-state index contributed by atoms with van der Waals surface area (Å²) < 4.78 is 13.6. The van der Waals surface area contributed by atoms with Crippen LogP contribution >= 0.6 is 11.6 Å². The van der Waals surface area contributed by atoms with Gasteiger partial charge in [-0.2, -0.15) is 0 Å². The van der Waals surface area contributed by atoms with E-state index in [1.807, 2.05) is 4.90 Å². The zero-order valence-corrected chi connectivity index (χ0v) is 15.1. The van der Waals surface area contributed by atoms with Gasteiger partial charge in [0, 0.05) is 19.6 Å². The molecule has 8 heteroatoms. The van der Waals surface area contributed by atoms with Gasteiger partial charge in [0.1, 0.15) is 5.82 Å². The largest absolute Gasteiger partial charge is 0.394 e. The fourth-order valence-electron chi connectivity index (χ4n) is 2.69. The Balaban J connectivity index is 2.08. The Morgan fingerprint density at radius 3 is 2.88 bits per heavy atom. The average Bonchev–Trinajstić information content (AvgIpc) is 2.54. The van der Waals surface area contributed by atoms with E-state index in [-0.39, 0.29) is 29.9 Å². The highest BCUT2D eigenvalue weighted by molar-refractivity contribution is 6.30. The van der Waals surface area contributed by atoms with Crippen molar-refractivity contribution in [2.24, 2.45) is 0 Å². The number of carbonyl (C=O) groups excluding carboxylic acids is 2. The predicted octanol–water partition coefficient (Wildman–Crippen LogP) is 1.06. The minimum atomic E-state index is -0.758. The second kappa shape index (κ2) is 8.12. The fraction of sp³-hybridized carbons (Fsp3) is 0.529. The van der Waals surface area contributed by atoms with Crippen molar-refractivity contribution in [3.8, 4) is 0 Å². The summed E-state index contributed by atoms with van der Waals surface area (Å²) in [5, 5.41) is 14.7. The van der Waals surface area contributed by atoms with Crippen LogP contribution in [0.3, 0.4) is 0 Å². The van der Waals surface area contributed by atoms with Crippen LogP contribution in [0.1, 0.15) is 25.8 Å². The quantitative estimate of drug-likeness (QED) is 0.698. The van der Waals surface area contributed by atoms with Crippen molar-refractivity contribution in [1.82, 2.24) is 15.5 Å². The van der Waals surface area contributed by atoms with E-state index in [1.165, 1.54) is 12.1 Å². The Kier molecular flexibility index (Phi) is 6.37. The maximum absolute atomic E-state index is 13.6. The minimum absolute atomic E-state index is 0.0364. The summed E-state index contributed by atoms with van der Waals surface area (Å²) in [6, 6.07) is 3.86. The van der Waals surface area contributed by atoms with E-state index in [9.17, 15) is 19.1 Å². The lowest BCUT2D eigenvalue weighted by molar-refractivity contribution is -0.135. The van der Waals surface area contributed by atoms with Gasteiger partial charge in [-0.25, -0.2) is 4.39 Å². The molecule has 138 valence electrons. The smallest absolute Gasteiger partial charge is 0.237 e. The second-order valence-electron chi connectivity index (χ2n) is 6.82. The standard InChI is InChI=1S/C17H23ClFN3O3/c1-17(2,10-23)21-15(24)8-14-16(25)20-5-6-22(14)9-11-3-4-12(18)13(19)7-11/h3-4,7,14,23H,5-6,8-10H2,1-2H3,(H,20,25)(H,21,24). The van der Waals surface area contributed by atoms with Crippen LogP contribution in [-0.2, 0) is 16.1 Å². The number of amides is 2. The minimum Gasteiger partial charge on any atom is -0.394 e. The average molecular weight is 372 g/mol. The monoisotopic (exact) mass is 371 g/mol. The number of nitrogens with one attached hydrogen (secondary N) is 2. The van der Waals surface area contributed by atoms with E-state index in [0.717, 1.165) is 0 Å². The van der Waals surface area contributed by atoms with Crippen LogP contribution in [0, 0.1) is 5.82 Å². The molecule has 1 aliphatic rings. The Morgan fingerprint density at radius 1 is 1.52 bits per heavy atom. The van der Waals surface area contributed by atoms with E-state index >= 15 is 0 Å². The molecule has 1 heterocycles. The molecule has 1 aromatic carbocycles. The van der Waals surface area contributed by atoms with Crippen molar-refractivity contribution in [2.45, 2.75) is 38.4 Å². The van der Waals surface area contributed by atoms with Gasteiger partial charge in [0.05, 0.1) is 29.6 Å². The normalized spacial score (nSPS) is 18.8. The zero-order chi connectivity index (χ0) is 18.6. The van der Waals surface area contributed by atoms with Gasteiger partial charge >= 0.3 is 0 Å². The first-order valence-electron chi connectivity index (χ1n) is 8.09. The summed E-state index contributed by atoms with van der Waals surface area (Å²) in [4.78, 5) is 26.3. The van der Waals surface area contributed by atoms with Crippen LogP contribution < -0.4 is 10.6 Å². The summed E-state index contributed by atoms with van der Waals surface area (Å²) >= 11 is 5.69. The van der Waals surface area contributed by atoms with Gasteiger partial charge in [0.2, 0.25) is 11.8 Å². The van der Waals surface area contributed by atoms with Gasteiger partial charge < -0.3 is 15.7 Å². The highest BCUT2D eigenvalue weighted by Gasteiger charge is 2.32. The molecule has 1 atom stereocenters. The summed E-state index contributed by atoms with van der Waals surface area (Å²) in [5.74, 6) is -1.08. The Bertz CT molecular complexity index is 654. The first-order chi connectivity index (χ1) is 11.7. The van der Waals surface area contributed by atoms with Crippen molar-refractivity contribution in [2.75, 3.05) is 19.7 Å². The maximum Gasteiger partial charge on any atom is 0.237 e.